The minimum absolute atomic E-state index is 0. The fourth-order valence-corrected chi connectivity index (χ4v) is 5.76. The molecule has 0 saturated carbocycles. The van der Waals surface area contributed by atoms with Gasteiger partial charge in [0, 0.05) is 16.5 Å². The van der Waals surface area contributed by atoms with Crippen molar-refractivity contribution in [2.24, 2.45) is 0 Å². The molecule has 0 aliphatic rings. The number of aryl methyl sites for hydroxylation is 3. The Hall–Kier alpha value is -2.79. The minimum atomic E-state index is -0.295. The van der Waals surface area contributed by atoms with E-state index in [2.05, 4.69) is 75.4 Å². The van der Waals surface area contributed by atoms with Crippen LogP contribution in [0.5, 0.6) is 5.75 Å². The van der Waals surface area contributed by atoms with Gasteiger partial charge in [0.25, 0.3) is 0 Å². The van der Waals surface area contributed by atoms with E-state index in [4.69, 9.17) is 40.6 Å². The molecule has 4 rings (SSSR count). The third-order valence-electron chi connectivity index (χ3n) is 7.48. The zero-order valence-corrected chi connectivity index (χ0v) is 27.5. The molecule has 42 heavy (non-hydrogen) atoms. The van der Waals surface area contributed by atoms with Gasteiger partial charge in [-0.05, 0) is 55.9 Å². The van der Waals surface area contributed by atoms with Crippen LogP contribution in [0.4, 0.5) is 11.4 Å². The van der Waals surface area contributed by atoms with Gasteiger partial charge in [0.15, 0.2) is 0 Å². The van der Waals surface area contributed by atoms with E-state index in [1.54, 1.807) is 7.11 Å². The topological polar surface area (TPSA) is 37.4 Å². The molecular formula is C36H40N2NiOS2-4. The Morgan fingerprint density at radius 3 is 1.60 bits per heavy atom. The van der Waals surface area contributed by atoms with Crippen LogP contribution in [-0.2, 0) is 54.6 Å². The van der Waals surface area contributed by atoms with Crippen molar-refractivity contribution in [2.75, 3.05) is 7.11 Å². The third-order valence-corrected chi connectivity index (χ3v) is 8.14. The third kappa shape index (κ3) is 8.63. The second-order valence-electron chi connectivity index (χ2n) is 10.6. The van der Waals surface area contributed by atoms with Crippen LogP contribution in [0.1, 0.15) is 79.4 Å². The van der Waals surface area contributed by atoms with E-state index in [0.29, 0.717) is 4.90 Å². The van der Waals surface area contributed by atoms with Crippen molar-refractivity contribution in [3.05, 3.63) is 123 Å². The maximum absolute atomic E-state index is 5.82. The van der Waals surface area contributed by atoms with Gasteiger partial charge in [-0.3, -0.25) is 0 Å². The van der Waals surface area contributed by atoms with Crippen LogP contribution < -0.4 is 4.74 Å². The predicted molar refractivity (Wildman–Crippen MR) is 177 cm³/mol. The van der Waals surface area contributed by atoms with Crippen molar-refractivity contribution in [3.63, 3.8) is 0 Å². The van der Waals surface area contributed by atoms with Crippen LogP contribution >= 0.6 is 0 Å². The second-order valence-corrected chi connectivity index (χ2v) is 11.4. The summed E-state index contributed by atoms with van der Waals surface area (Å²) in [6, 6.07) is 28.7. The molecule has 0 spiro atoms. The smallest absolute Gasteiger partial charge is 0.117 e. The summed E-state index contributed by atoms with van der Waals surface area (Å²) in [6.07, 6.45) is 6.46. The van der Waals surface area contributed by atoms with E-state index in [9.17, 15) is 0 Å². The van der Waals surface area contributed by atoms with Crippen molar-refractivity contribution >= 4 is 36.6 Å². The van der Waals surface area contributed by atoms with Crippen LogP contribution in [0.25, 0.3) is 10.6 Å². The molecule has 0 heterocycles. The molecule has 0 aromatic heterocycles. The number of ether oxygens (including phenoxy) is 1. The van der Waals surface area contributed by atoms with Crippen LogP contribution in [0, 0.1) is 6.92 Å². The fraction of sp³-hybridized carbons (Fsp3) is 0.333. The van der Waals surface area contributed by atoms with Gasteiger partial charge in [0.05, 0.1) is 7.11 Å². The molecule has 0 bridgehead atoms. The molecule has 6 heteroatoms. The molecule has 0 radical (unpaired) electrons. The normalized spacial score (nSPS) is 12.2. The van der Waals surface area contributed by atoms with Gasteiger partial charge in [-0.1, -0.05) is 116 Å². The van der Waals surface area contributed by atoms with Crippen LogP contribution in [0.15, 0.2) is 94.7 Å². The first-order valence-electron chi connectivity index (χ1n) is 14.6. The molecule has 0 aliphatic carbocycles. The minimum Gasteiger partial charge on any atom is -0.781 e. The van der Waals surface area contributed by atoms with Crippen molar-refractivity contribution in [1.29, 1.82) is 0 Å². The van der Waals surface area contributed by atoms with E-state index >= 15 is 0 Å². The summed E-state index contributed by atoms with van der Waals surface area (Å²) in [5.74, 6) is 0.732. The Balaban J connectivity index is 0.00000484. The van der Waals surface area contributed by atoms with Gasteiger partial charge in [0.2, 0.25) is 0 Å². The number of rotatable bonds is 14. The van der Waals surface area contributed by atoms with Gasteiger partial charge in [-0.2, -0.15) is 21.2 Å². The maximum atomic E-state index is 5.82. The van der Waals surface area contributed by atoms with Crippen molar-refractivity contribution < 1.29 is 21.2 Å². The number of hydrogen-bond donors (Lipinski definition) is 0. The number of nitrogens with zero attached hydrogens (tertiary/aromatic N) is 2. The molecule has 0 saturated heterocycles. The Morgan fingerprint density at radius 2 is 1.14 bits per heavy atom. The molecule has 226 valence electrons. The first kappa shape index (κ1) is 33.7. The molecule has 4 aromatic carbocycles. The van der Waals surface area contributed by atoms with E-state index in [0.717, 1.165) is 66.1 Å². The second kappa shape index (κ2) is 16.7. The summed E-state index contributed by atoms with van der Waals surface area (Å²) in [7, 11) is 1.66. The number of hydrogen-bond acceptors (Lipinski definition) is 3. The van der Waals surface area contributed by atoms with Gasteiger partial charge in [0.1, 0.15) is 5.75 Å². The standard InChI is InChI=1S/C36H42N2OS2.Ni/c1-5-7-13-26-15-9-11-17-29(26)35(37-31-21-19-25(3)23-33(31)40)36(30-18-12-10-16-27(30)14-8-6-2)38-32-22-20-28(39-4)24-34(32)41;/h9-12,15-24,35-36,40-41H,5-8,13-14H2,1-4H3;/q-2;/p-2. The van der Waals surface area contributed by atoms with Gasteiger partial charge < -0.3 is 40.6 Å². The van der Waals surface area contributed by atoms with Crippen LogP contribution in [-0.4, -0.2) is 7.11 Å². The number of unbranched alkanes of at least 4 members (excludes halogenated alkanes) is 2. The van der Waals surface area contributed by atoms with Crippen LogP contribution in [0.3, 0.4) is 0 Å². The SMILES string of the molecule is CCCCc1ccccc1C([N-]c1ccc(C)cc1[S-])C([N-]c1ccc(OC)cc1[S-])c1ccccc1CCCC.[Ni]. The molecule has 2 atom stereocenters. The number of benzene rings is 4. The van der Waals surface area contributed by atoms with E-state index in [1.807, 2.05) is 30.3 Å². The molecule has 4 aromatic rings. The quantitative estimate of drug-likeness (QED) is 0.102. The van der Waals surface area contributed by atoms with Gasteiger partial charge >= 0.3 is 0 Å². The van der Waals surface area contributed by atoms with E-state index in [-0.39, 0.29) is 28.6 Å². The van der Waals surface area contributed by atoms with E-state index in [1.165, 1.54) is 22.3 Å². The molecule has 0 aliphatic heterocycles. The Bertz CT molecular complexity index is 1430. The Labute approximate surface area is 274 Å². The molecule has 3 nitrogen and oxygen atoms in total. The van der Waals surface area contributed by atoms with E-state index < -0.39 is 0 Å². The molecular weight excluding hydrogens is 599 g/mol. The summed E-state index contributed by atoms with van der Waals surface area (Å²) < 4.78 is 5.44. The van der Waals surface area contributed by atoms with Crippen LogP contribution in [0.2, 0.25) is 0 Å². The predicted octanol–water partition coefficient (Wildman–Crippen LogP) is 10.7. The maximum Gasteiger partial charge on any atom is 0.117 e. The van der Waals surface area contributed by atoms with Crippen molar-refractivity contribution in [1.82, 2.24) is 0 Å². The Kier molecular flexibility index (Phi) is 13.4. The average Bonchev–Trinajstić information content (AvgIpc) is 2.99. The summed E-state index contributed by atoms with van der Waals surface area (Å²) in [4.78, 5) is 1.42. The Morgan fingerprint density at radius 1 is 0.667 bits per heavy atom. The van der Waals surface area contributed by atoms with Gasteiger partial charge in [-0.15, -0.1) is 12.1 Å². The molecule has 0 amide bonds. The number of methoxy groups -OCH3 is 1. The molecule has 0 fully saturated rings. The average molecular weight is 640 g/mol. The summed E-state index contributed by atoms with van der Waals surface area (Å²) >= 11 is 11.6. The first-order chi connectivity index (χ1) is 19.9. The molecule has 2 unspecified atom stereocenters. The van der Waals surface area contributed by atoms with Gasteiger partial charge in [-0.25, -0.2) is 0 Å². The largest absolute Gasteiger partial charge is 0.781 e. The van der Waals surface area contributed by atoms with Crippen molar-refractivity contribution in [3.8, 4) is 5.75 Å². The zero-order chi connectivity index (χ0) is 29.2. The fourth-order valence-electron chi connectivity index (χ4n) is 5.21. The monoisotopic (exact) mass is 638 g/mol. The molecule has 0 N–H and O–H groups in total. The summed E-state index contributed by atoms with van der Waals surface area (Å²) in [5, 5.41) is 10.9. The summed E-state index contributed by atoms with van der Waals surface area (Å²) in [6.45, 7) is 6.53. The summed E-state index contributed by atoms with van der Waals surface area (Å²) in [5.41, 5.74) is 7.70. The van der Waals surface area contributed by atoms with Crippen molar-refractivity contribution in [2.45, 2.75) is 81.2 Å². The first-order valence-corrected chi connectivity index (χ1v) is 15.5. The zero-order valence-electron chi connectivity index (χ0n) is 24.9.